The van der Waals surface area contributed by atoms with Gasteiger partial charge in [-0.15, -0.1) is 0 Å². The number of imidazole rings is 1. The van der Waals surface area contributed by atoms with E-state index in [4.69, 9.17) is 4.74 Å². The first-order chi connectivity index (χ1) is 9.58. The number of nitrogens with one attached hydrogen (secondary N) is 2. The smallest absolute Gasteiger partial charge is 0.410 e. The minimum Gasteiger partial charge on any atom is -0.410 e. The zero-order valence-corrected chi connectivity index (χ0v) is 11.9. The van der Waals surface area contributed by atoms with Crippen LogP contribution in [-0.4, -0.2) is 22.1 Å². The van der Waals surface area contributed by atoms with Gasteiger partial charge in [0.05, 0.1) is 0 Å². The van der Waals surface area contributed by atoms with Gasteiger partial charge in [-0.25, -0.2) is 9.78 Å². The third-order valence-corrected chi connectivity index (χ3v) is 2.92. The Kier molecular flexibility index (Phi) is 4.40. The van der Waals surface area contributed by atoms with E-state index in [0.717, 1.165) is 11.4 Å². The van der Waals surface area contributed by atoms with Crippen LogP contribution in [0.3, 0.4) is 0 Å². The van der Waals surface area contributed by atoms with Crippen LogP contribution in [0, 0.1) is 0 Å². The van der Waals surface area contributed by atoms with Gasteiger partial charge < -0.3 is 15.0 Å². The molecule has 0 radical (unpaired) electrons. The summed E-state index contributed by atoms with van der Waals surface area (Å²) < 4.78 is 5.38. The van der Waals surface area contributed by atoms with Crippen molar-refractivity contribution in [3.8, 4) is 5.75 Å². The molecule has 1 unspecified atom stereocenters. The molecule has 106 valence electrons. The van der Waals surface area contributed by atoms with Crippen molar-refractivity contribution in [2.24, 2.45) is 0 Å². The van der Waals surface area contributed by atoms with E-state index in [1.165, 1.54) is 0 Å². The molecule has 2 N–H and O–H groups in total. The van der Waals surface area contributed by atoms with Crippen LogP contribution < -0.4 is 10.1 Å². The molecule has 20 heavy (non-hydrogen) atoms. The van der Waals surface area contributed by atoms with Gasteiger partial charge in [0.15, 0.2) is 0 Å². The van der Waals surface area contributed by atoms with Gasteiger partial charge in [-0.3, -0.25) is 0 Å². The van der Waals surface area contributed by atoms with Crippen LogP contribution in [0.5, 0.6) is 5.75 Å². The highest BCUT2D eigenvalue weighted by Crippen LogP contribution is 2.29. The van der Waals surface area contributed by atoms with Crippen molar-refractivity contribution >= 4 is 6.09 Å². The summed E-state index contributed by atoms with van der Waals surface area (Å²) in [6, 6.07) is 7.52. The molecular formula is C15H19N3O2. The van der Waals surface area contributed by atoms with Gasteiger partial charge in [0.25, 0.3) is 0 Å². The molecule has 0 aliphatic rings. The molecule has 1 heterocycles. The van der Waals surface area contributed by atoms with Crippen LogP contribution in [-0.2, 0) is 0 Å². The fraction of sp³-hybridized carbons (Fsp3) is 0.333. The highest BCUT2D eigenvalue weighted by atomic mass is 16.6. The molecule has 1 atom stereocenters. The maximum absolute atomic E-state index is 11.7. The van der Waals surface area contributed by atoms with Crippen LogP contribution in [0.25, 0.3) is 0 Å². The van der Waals surface area contributed by atoms with Gasteiger partial charge in [0.1, 0.15) is 11.6 Å². The third kappa shape index (κ3) is 3.38. The Morgan fingerprint density at radius 2 is 2.05 bits per heavy atom. The highest BCUT2D eigenvalue weighted by Gasteiger charge is 2.17. The Hall–Kier alpha value is -2.30. The zero-order chi connectivity index (χ0) is 14.5. The average molecular weight is 273 g/mol. The molecular weight excluding hydrogens is 254 g/mol. The number of nitrogens with zero attached hydrogens (tertiary/aromatic N) is 1. The van der Waals surface area contributed by atoms with Gasteiger partial charge in [-0.05, 0) is 19.9 Å². The summed E-state index contributed by atoms with van der Waals surface area (Å²) in [6.07, 6.45) is 3.04. The predicted molar refractivity (Wildman–Crippen MR) is 76.8 cm³/mol. The van der Waals surface area contributed by atoms with Crippen molar-refractivity contribution in [2.45, 2.75) is 32.7 Å². The van der Waals surface area contributed by atoms with E-state index in [1.807, 2.05) is 39.0 Å². The summed E-state index contributed by atoms with van der Waals surface area (Å²) in [5.74, 6) is 1.41. The first-order valence-electron chi connectivity index (χ1n) is 6.64. The van der Waals surface area contributed by atoms with Crippen LogP contribution in [0.15, 0.2) is 36.7 Å². The second kappa shape index (κ2) is 6.23. The Morgan fingerprint density at radius 1 is 1.30 bits per heavy atom. The molecule has 0 aliphatic heterocycles. The molecule has 0 saturated carbocycles. The summed E-state index contributed by atoms with van der Waals surface area (Å²) in [5.41, 5.74) is 0.918. The molecule has 1 amide bonds. The maximum Gasteiger partial charge on any atom is 0.412 e. The molecule has 1 aromatic heterocycles. The quantitative estimate of drug-likeness (QED) is 0.899. The van der Waals surface area contributed by atoms with Crippen molar-refractivity contribution < 1.29 is 9.53 Å². The number of hydrogen-bond donors (Lipinski definition) is 2. The number of H-pyrrole nitrogens is 1. The van der Waals surface area contributed by atoms with Gasteiger partial charge in [-0.1, -0.05) is 25.1 Å². The second-order valence-electron chi connectivity index (χ2n) is 4.92. The van der Waals surface area contributed by atoms with E-state index in [-0.39, 0.29) is 12.0 Å². The molecule has 1 aromatic carbocycles. The lowest BCUT2D eigenvalue weighted by atomic mass is 9.99. The number of aromatic nitrogens is 2. The SMILES string of the molecule is CC(C)NC(=O)Oc1ccccc1C(C)c1ncc[nH]1. The molecule has 5 heteroatoms. The topological polar surface area (TPSA) is 67.0 Å². The van der Waals surface area contributed by atoms with E-state index in [0.29, 0.717) is 5.75 Å². The van der Waals surface area contributed by atoms with Gasteiger partial charge in [-0.2, -0.15) is 0 Å². The maximum atomic E-state index is 11.7. The molecule has 2 rings (SSSR count). The van der Waals surface area contributed by atoms with E-state index in [2.05, 4.69) is 15.3 Å². The normalized spacial score (nSPS) is 12.2. The van der Waals surface area contributed by atoms with E-state index in [9.17, 15) is 4.79 Å². The largest absolute Gasteiger partial charge is 0.412 e. The average Bonchev–Trinajstić information content (AvgIpc) is 2.91. The molecule has 0 spiro atoms. The lowest BCUT2D eigenvalue weighted by Crippen LogP contribution is -2.33. The number of amides is 1. The standard InChI is InChI=1S/C15H19N3O2/c1-10(2)18-15(19)20-13-7-5-4-6-12(13)11(3)14-16-8-9-17-14/h4-11H,1-3H3,(H,16,17)(H,18,19). The zero-order valence-electron chi connectivity index (χ0n) is 11.9. The first kappa shape index (κ1) is 14.1. The minimum absolute atomic E-state index is 0.0213. The number of para-hydroxylation sites is 1. The number of rotatable bonds is 4. The molecule has 5 nitrogen and oxygen atoms in total. The Morgan fingerprint density at radius 3 is 2.70 bits per heavy atom. The van der Waals surface area contributed by atoms with Crippen LogP contribution in [0.1, 0.15) is 38.1 Å². The Bertz CT molecular complexity index is 564. The molecule has 0 fully saturated rings. The lowest BCUT2D eigenvalue weighted by Gasteiger charge is -2.15. The third-order valence-electron chi connectivity index (χ3n) is 2.92. The summed E-state index contributed by atoms with van der Waals surface area (Å²) in [4.78, 5) is 19.1. The lowest BCUT2D eigenvalue weighted by molar-refractivity contribution is 0.197. The number of aromatic amines is 1. The van der Waals surface area contributed by atoms with Crippen molar-refractivity contribution in [3.63, 3.8) is 0 Å². The van der Waals surface area contributed by atoms with Crippen molar-refractivity contribution in [1.29, 1.82) is 0 Å². The summed E-state index contributed by atoms with van der Waals surface area (Å²) in [6.45, 7) is 5.79. The summed E-state index contributed by atoms with van der Waals surface area (Å²) in [7, 11) is 0. The Labute approximate surface area is 118 Å². The minimum atomic E-state index is -0.445. The number of benzene rings is 1. The van der Waals surface area contributed by atoms with Crippen molar-refractivity contribution in [2.75, 3.05) is 0 Å². The number of carbonyl (C=O) groups excluding carboxylic acids is 1. The predicted octanol–water partition coefficient (Wildman–Crippen LogP) is 3.06. The summed E-state index contributed by atoms with van der Waals surface area (Å²) in [5, 5.41) is 2.71. The molecule has 2 aromatic rings. The van der Waals surface area contributed by atoms with Crippen LogP contribution in [0.2, 0.25) is 0 Å². The van der Waals surface area contributed by atoms with Crippen LogP contribution >= 0.6 is 0 Å². The van der Waals surface area contributed by atoms with Gasteiger partial charge in [0.2, 0.25) is 0 Å². The molecule has 0 aliphatic carbocycles. The molecule has 0 bridgehead atoms. The van der Waals surface area contributed by atoms with E-state index >= 15 is 0 Å². The highest BCUT2D eigenvalue weighted by molar-refractivity contribution is 5.71. The van der Waals surface area contributed by atoms with Crippen molar-refractivity contribution in [1.82, 2.24) is 15.3 Å². The monoisotopic (exact) mass is 273 g/mol. The fourth-order valence-corrected chi connectivity index (χ4v) is 1.96. The van der Waals surface area contributed by atoms with Gasteiger partial charge in [0, 0.05) is 29.9 Å². The van der Waals surface area contributed by atoms with Crippen molar-refractivity contribution in [3.05, 3.63) is 48.0 Å². The summed E-state index contributed by atoms with van der Waals surface area (Å²) >= 11 is 0. The Balaban J connectivity index is 2.20. The second-order valence-corrected chi connectivity index (χ2v) is 4.92. The number of ether oxygens (including phenoxy) is 1. The first-order valence-corrected chi connectivity index (χ1v) is 6.64. The van der Waals surface area contributed by atoms with Crippen LogP contribution in [0.4, 0.5) is 4.79 Å². The fourth-order valence-electron chi connectivity index (χ4n) is 1.96. The number of carbonyl (C=O) groups is 1. The molecule has 0 saturated heterocycles. The van der Waals surface area contributed by atoms with Gasteiger partial charge >= 0.3 is 6.09 Å². The number of hydrogen-bond acceptors (Lipinski definition) is 3. The van der Waals surface area contributed by atoms with E-state index < -0.39 is 6.09 Å². The van der Waals surface area contributed by atoms with E-state index in [1.54, 1.807) is 18.5 Å².